The Morgan fingerprint density at radius 3 is 2.15 bits per heavy atom. The van der Waals surface area contributed by atoms with Crippen LogP contribution < -0.4 is 9.62 Å². The van der Waals surface area contributed by atoms with Crippen LogP contribution in [0.5, 0.6) is 0 Å². The van der Waals surface area contributed by atoms with Crippen LogP contribution in [0.25, 0.3) is 0 Å². The fourth-order valence-corrected chi connectivity index (χ4v) is 6.02. The summed E-state index contributed by atoms with van der Waals surface area (Å²) in [6.07, 6.45) is 0. The molecular weight excluding hydrogens is 546 g/mol. The number of carbonyl (C=O) groups is 2. The first kappa shape index (κ1) is 31.2. The van der Waals surface area contributed by atoms with Gasteiger partial charge in [-0.3, -0.25) is 13.9 Å². The van der Waals surface area contributed by atoms with Crippen molar-refractivity contribution in [2.45, 2.75) is 71.5 Å². The molecule has 0 spiro atoms. The number of amides is 2. The summed E-state index contributed by atoms with van der Waals surface area (Å²) in [5.41, 5.74) is 3.18. The van der Waals surface area contributed by atoms with Gasteiger partial charge in [-0.05, 0) is 89.9 Å². The zero-order valence-electron chi connectivity index (χ0n) is 24.2. The van der Waals surface area contributed by atoms with E-state index in [4.69, 9.17) is 11.6 Å². The maximum absolute atomic E-state index is 14.1. The minimum Gasteiger partial charge on any atom is -0.350 e. The molecule has 0 fully saturated rings. The number of halogens is 1. The lowest BCUT2D eigenvalue weighted by Gasteiger charge is -2.34. The molecule has 2 amide bonds. The first-order valence-electron chi connectivity index (χ1n) is 13.1. The van der Waals surface area contributed by atoms with E-state index >= 15 is 0 Å². The van der Waals surface area contributed by atoms with E-state index < -0.39 is 34.1 Å². The van der Waals surface area contributed by atoms with Crippen molar-refractivity contribution < 1.29 is 18.0 Å². The molecule has 1 N–H and O–H groups in total. The third-order valence-electron chi connectivity index (χ3n) is 6.42. The third-order valence-corrected chi connectivity index (χ3v) is 8.43. The Kier molecular flexibility index (Phi) is 9.69. The van der Waals surface area contributed by atoms with Gasteiger partial charge in [-0.2, -0.15) is 0 Å². The van der Waals surface area contributed by atoms with Gasteiger partial charge < -0.3 is 10.2 Å². The summed E-state index contributed by atoms with van der Waals surface area (Å²) >= 11 is 6.17. The smallest absolute Gasteiger partial charge is 0.264 e. The van der Waals surface area contributed by atoms with Crippen LogP contribution in [0.15, 0.2) is 71.6 Å². The van der Waals surface area contributed by atoms with Gasteiger partial charge in [0.15, 0.2) is 0 Å². The van der Waals surface area contributed by atoms with E-state index in [-0.39, 0.29) is 17.3 Å². The summed E-state index contributed by atoms with van der Waals surface area (Å²) in [7, 11) is -4.15. The molecular formula is C31H38ClN3O4S. The van der Waals surface area contributed by atoms with E-state index in [9.17, 15) is 18.0 Å². The maximum atomic E-state index is 14.1. The Bertz CT molecular complexity index is 1480. The molecule has 0 aliphatic rings. The molecule has 0 saturated heterocycles. The standard InChI is InChI=1S/C31H38ClN3O4S/c1-21-11-14-27(15-12-21)40(38,39)35(28-16-13-26(32)18-23(28)3)20-29(36)34(19-25-10-8-9-22(2)17-25)24(4)30(37)33-31(5,6)7/h8-18,24H,19-20H2,1-7H3,(H,33,37). The second-order valence-corrected chi connectivity index (χ2v) is 13.5. The zero-order valence-corrected chi connectivity index (χ0v) is 25.7. The number of anilines is 1. The molecule has 1 atom stereocenters. The van der Waals surface area contributed by atoms with Crippen LogP contribution >= 0.6 is 11.6 Å². The monoisotopic (exact) mass is 583 g/mol. The predicted molar refractivity (Wildman–Crippen MR) is 161 cm³/mol. The van der Waals surface area contributed by atoms with Crippen molar-refractivity contribution in [2.24, 2.45) is 0 Å². The highest BCUT2D eigenvalue weighted by molar-refractivity contribution is 7.92. The molecule has 3 rings (SSSR count). The molecule has 0 heterocycles. The first-order valence-corrected chi connectivity index (χ1v) is 14.9. The Labute approximate surface area is 243 Å². The highest BCUT2D eigenvalue weighted by Gasteiger charge is 2.34. The Morgan fingerprint density at radius 2 is 1.57 bits per heavy atom. The number of nitrogens with one attached hydrogen (secondary N) is 1. The third kappa shape index (κ3) is 7.86. The van der Waals surface area contributed by atoms with Crippen LogP contribution in [0.1, 0.15) is 49.9 Å². The molecule has 9 heteroatoms. The summed E-state index contributed by atoms with van der Waals surface area (Å²) in [5, 5.41) is 3.39. The normalized spacial score (nSPS) is 12.5. The van der Waals surface area contributed by atoms with Gasteiger partial charge in [0.2, 0.25) is 11.8 Å². The van der Waals surface area contributed by atoms with Crippen LogP contribution in [-0.2, 0) is 26.2 Å². The molecule has 0 radical (unpaired) electrons. The van der Waals surface area contributed by atoms with E-state index in [1.165, 1.54) is 17.0 Å². The minimum atomic E-state index is -4.15. The number of carbonyl (C=O) groups excluding carboxylic acids is 2. The number of rotatable bonds is 9. The number of benzene rings is 3. The van der Waals surface area contributed by atoms with Crippen LogP contribution in [0.4, 0.5) is 5.69 Å². The molecule has 7 nitrogen and oxygen atoms in total. The second-order valence-electron chi connectivity index (χ2n) is 11.2. The number of sulfonamides is 1. The Balaban J connectivity index is 2.08. The van der Waals surface area contributed by atoms with Crippen molar-refractivity contribution in [1.82, 2.24) is 10.2 Å². The number of hydrogen-bond acceptors (Lipinski definition) is 4. The van der Waals surface area contributed by atoms with Crippen molar-refractivity contribution in [2.75, 3.05) is 10.8 Å². The van der Waals surface area contributed by atoms with E-state index in [1.54, 1.807) is 44.2 Å². The Hall–Kier alpha value is -3.36. The molecule has 0 aliphatic carbocycles. The summed E-state index contributed by atoms with van der Waals surface area (Å²) in [6, 6.07) is 18.1. The van der Waals surface area contributed by atoms with Crippen LogP contribution in [-0.4, -0.2) is 43.3 Å². The summed E-state index contributed by atoms with van der Waals surface area (Å²) in [4.78, 5) is 28.7. The average Bonchev–Trinajstić information content (AvgIpc) is 2.85. The topological polar surface area (TPSA) is 86.8 Å². The lowest BCUT2D eigenvalue weighted by molar-refractivity contribution is -0.140. The van der Waals surface area contributed by atoms with Crippen LogP contribution in [0, 0.1) is 20.8 Å². The molecule has 0 aromatic heterocycles. The van der Waals surface area contributed by atoms with E-state index in [0.29, 0.717) is 16.3 Å². The maximum Gasteiger partial charge on any atom is 0.264 e. The lowest BCUT2D eigenvalue weighted by Crippen LogP contribution is -2.54. The van der Waals surface area contributed by atoms with Gasteiger partial charge in [-0.15, -0.1) is 0 Å². The highest BCUT2D eigenvalue weighted by atomic mass is 35.5. The Morgan fingerprint density at radius 1 is 0.925 bits per heavy atom. The zero-order chi connectivity index (χ0) is 29.8. The van der Waals surface area contributed by atoms with Crippen molar-refractivity contribution in [3.8, 4) is 0 Å². The molecule has 0 aliphatic heterocycles. The number of aryl methyl sites for hydroxylation is 3. The average molecular weight is 584 g/mol. The van der Waals surface area contributed by atoms with Gasteiger partial charge in [0.1, 0.15) is 12.6 Å². The molecule has 3 aromatic rings. The second kappa shape index (κ2) is 12.4. The van der Waals surface area contributed by atoms with Gasteiger partial charge in [-0.25, -0.2) is 8.42 Å². The van der Waals surface area contributed by atoms with Crippen molar-refractivity contribution in [3.63, 3.8) is 0 Å². The van der Waals surface area contributed by atoms with Crippen molar-refractivity contribution >= 4 is 39.1 Å². The lowest BCUT2D eigenvalue weighted by atomic mass is 10.1. The molecule has 3 aromatic carbocycles. The summed E-state index contributed by atoms with van der Waals surface area (Å²) < 4.78 is 29.1. The number of hydrogen-bond donors (Lipinski definition) is 1. The SMILES string of the molecule is Cc1ccc(S(=O)(=O)N(CC(=O)N(Cc2cccc(C)c2)C(C)C(=O)NC(C)(C)C)c2ccc(Cl)cc2C)cc1. The fraction of sp³-hybridized carbons (Fsp3) is 0.355. The van der Waals surface area contributed by atoms with Crippen LogP contribution in [0.2, 0.25) is 5.02 Å². The largest absolute Gasteiger partial charge is 0.350 e. The van der Waals surface area contributed by atoms with Crippen LogP contribution in [0.3, 0.4) is 0 Å². The predicted octanol–water partition coefficient (Wildman–Crippen LogP) is 5.79. The molecule has 40 heavy (non-hydrogen) atoms. The summed E-state index contributed by atoms with van der Waals surface area (Å²) in [6.45, 7) is 12.4. The molecule has 1 unspecified atom stereocenters. The quantitative estimate of drug-likeness (QED) is 0.345. The van der Waals surface area contributed by atoms with Gasteiger partial charge in [0, 0.05) is 17.1 Å². The minimum absolute atomic E-state index is 0.0593. The van der Waals surface area contributed by atoms with Gasteiger partial charge in [0.05, 0.1) is 10.6 Å². The van der Waals surface area contributed by atoms with Gasteiger partial charge in [0.25, 0.3) is 10.0 Å². The fourth-order valence-electron chi connectivity index (χ4n) is 4.31. The van der Waals surface area contributed by atoms with E-state index in [1.807, 2.05) is 58.9 Å². The van der Waals surface area contributed by atoms with Gasteiger partial charge >= 0.3 is 0 Å². The van der Waals surface area contributed by atoms with Gasteiger partial charge in [-0.1, -0.05) is 59.1 Å². The summed E-state index contributed by atoms with van der Waals surface area (Å²) in [5.74, 6) is -0.841. The molecule has 214 valence electrons. The number of nitrogens with zero attached hydrogens (tertiary/aromatic N) is 2. The van der Waals surface area contributed by atoms with Crippen molar-refractivity contribution in [3.05, 3.63) is 94.0 Å². The van der Waals surface area contributed by atoms with E-state index in [2.05, 4.69) is 5.32 Å². The molecule has 0 saturated carbocycles. The first-order chi connectivity index (χ1) is 18.6. The highest BCUT2D eigenvalue weighted by Crippen LogP contribution is 2.29. The molecule has 0 bridgehead atoms. The van der Waals surface area contributed by atoms with E-state index in [0.717, 1.165) is 21.0 Å². The van der Waals surface area contributed by atoms with Crippen molar-refractivity contribution in [1.29, 1.82) is 0 Å².